The molecule has 7 heteroatoms. The maximum Gasteiger partial charge on any atom is 0.331 e. The van der Waals surface area contributed by atoms with Crippen LogP contribution in [0.1, 0.15) is 10.4 Å². The van der Waals surface area contributed by atoms with Gasteiger partial charge in [-0.15, -0.1) is 0 Å². The third kappa shape index (κ3) is 2.52. The van der Waals surface area contributed by atoms with Crippen LogP contribution in [0, 0.1) is 0 Å². The van der Waals surface area contributed by atoms with Crippen molar-refractivity contribution in [3.05, 3.63) is 23.8 Å². The molecule has 1 atom stereocenters. The summed E-state index contributed by atoms with van der Waals surface area (Å²) in [5, 5.41) is 0. The summed E-state index contributed by atoms with van der Waals surface area (Å²) in [4.78, 5) is 25.8. The van der Waals surface area contributed by atoms with E-state index in [0.717, 1.165) is 0 Å². The van der Waals surface area contributed by atoms with E-state index >= 15 is 0 Å². The van der Waals surface area contributed by atoms with Gasteiger partial charge < -0.3 is 23.8 Å². The topological polar surface area (TPSA) is 74.3 Å². The largest absolute Gasteiger partial charge is 0.467 e. The highest BCUT2D eigenvalue weighted by Gasteiger charge is 2.34. The Bertz CT molecular complexity index is 573. The summed E-state index contributed by atoms with van der Waals surface area (Å²) < 4.78 is 20.5. The van der Waals surface area contributed by atoms with E-state index in [0.29, 0.717) is 30.2 Å². The van der Waals surface area contributed by atoms with Crippen LogP contribution in [0.4, 0.5) is 0 Å². The number of ether oxygens (including phenoxy) is 4. The lowest BCUT2D eigenvalue weighted by molar-refractivity contribution is -0.151. The molecule has 1 amide bonds. The predicted octanol–water partition coefficient (Wildman–Crippen LogP) is 0.429. The number of amides is 1. The molecule has 0 bridgehead atoms. The number of hydrogen-bond donors (Lipinski definition) is 0. The van der Waals surface area contributed by atoms with Crippen LogP contribution < -0.4 is 9.47 Å². The molecule has 1 saturated heterocycles. The second-order valence-electron chi connectivity index (χ2n) is 4.68. The summed E-state index contributed by atoms with van der Waals surface area (Å²) in [6, 6.07) is 4.23. The molecular formula is C14H15NO6. The van der Waals surface area contributed by atoms with Gasteiger partial charge in [0.05, 0.1) is 20.3 Å². The monoisotopic (exact) mass is 293 g/mol. The molecule has 1 fully saturated rings. The lowest BCUT2D eigenvalue weighted by Crippen LogP contribution is -2.53. The second kappa shape index (κ2) is 5.61. The van der Waals surface area contributed by atoms with Crippen molar-refractivity contribution in [3.63, 3.8) is 0 Å². The summed E-state index contributed by atoms with van der Waals surface area (Å²) in [5.74, 6) is 0.401. The standard InChI is InChI=1S/C14H15NO6/c1-18-14(17)10-7-19-5-4-15(10)13(16)9-2-3-11-12(6-9)21-8-20-11/h2-3,6,10H,4-5,7-8H2,1H3. The number of fused-ring (bicyclic) bond motifs is 1. The zero-order valence-electron chi connectivity index (χ0n) is 11.5. The summed E-state index contributed by atoms with van der Waals surface area (Å²) in [7, 11) is 1.29. The number of hydrogen-bond acceptors (Lipinski definition) is 6. The fourth-order valence-electron chi connectivity index (χ4n) is 2.37. The highest BCUT2D eigenvalue weighted by Crippen LogP contribution is 2.33. The minimum Gasteiger partial charge on any atom is -0.467 e. The Morgan fingerprint density at radius 3 is 2.90 bits per heavy atom. The van der Waals surface area contributed by atoms with Gasteiger partial charge in [0.1, 0.15) is 0 Å². The number of esters is 1. The quantitative estimate of drug-likeness (QED) is 0.736. The fraction of sp³-hybridized carbons (Fsp3) is 0.429. The van der Waals surface area contributed by atoms with Crippen LogP contribution in [0.25, 0.3) is 0 Å². The molecule has 0 saturated carbocycles. The van der Waals surface area contributed by atoms with Gasteiger partial charge in [-0.2, -0.15) is 0 Å². The van der Waals surface area contributed by atoms with E-state index in [2.05, 4.69) is 0 Å². The minimum absolute atomic E-state index is 0.142. The first-order chi connectivity index (χ1) is 10.2. The molecule has 2 aliphatic rings. The van der Waals surface area contributed by atoms with Gasteiger partial charge in [0, 0.05) is 12.1 Å². The Morgan fingerprint density at radius 2 is 2.10 bits per heavy atom. The first-order valence-corrected chi connectivity index (χ1v) is 6.57. The van der Waals surface area contributed by atoms with E-state index in [1.807, 2.05) is 0 Å². The molecule has 2 heterocycles. The van der Waals surface area contributed by atoms with Crippen LogP contribution in [-0.4, -0.2) is 56.5 Å². The predicted molar refractivity (Wildman–Crippen MR) is 70.2 cm³/mol. The van der Waals surface area contributed by atoms with Crippen LogP contribution in [0.15, 0.2) is 18.2 Å². The van der Waals surface area contributed by atoms with E-state index in [1.165, 1.54) is 12.0 Å². The number of rotatable bonds is 2. The van der Waals surface area contributed by atoms with Gasteiger partial charge in [0.25, 0.3) is 5.91 Å². The van der Waals surface area contributed by atoms with Crippen LogP contribution in [0.2, 0.25) is 0 Å². The molecule has 112 valence electrons. The lowest BCUT2D eigenvalue weighted by Gasteiger charge is -2.33. The van der Waals surface area contributed by atoms with Crippen LogP contribution in [0.3, 0.4) is 0 Å². The van der Waals surface area contributed by atoms with Gasteiger partial charge in [-0.25, -0.2) is 4.79 Å². The van der Waals surface area contributed by atoms with Gasteiger partial charge in [-0.1, -0.05) is 0 Å². The lowest BCUT2D eigenvalue weighted by atomic mass is 10.1. The molecule has 0 spiro atoms. The van der Waals surface area contributed by atoms with Crippen molar-refractivity contribution in [2.24, 2.45) is 0 Å². The molecular weight excluding hydrogens is 278 g/mol. The second-order valence-corrected chi connectivity index (χ2v) is 4.68. The number of benzene rings is 1. The molecule has 0 aromatic heterocycles. The average molecular weight is 293 g/mol. The Labute approximate surface area is 121 Å². The van der Waals surface area contributed by atoms with Gasteiger partial charge in [-0.05, 0) is 18.2 Å². The van der Waals surface area contributed by atoms with Crippen molar-refractivity contribution in [1.29, 1.82) is 0 Å². The summed E-state index contributed by atoms with van der Waals surface area (Å²) in [5.41, 5.74) is 0.440. The average Bonchev–Trinajstić information content (AvgIpc) is 3.01. The van der Waals surface area contributed by atoms with E-state index in [1.54, 1.807) is 18.2 Å². The Hall–Kier alpha value is -2.28. The van der Waals surface area contributed by atoms with Crippen molar-refractivity contribution in [3.8, 4) is 11.5 Å². The Balaban J connectivity index is 1.84. The molecule has 2 aliphatic heterocycles. The van der Waals surface area contributed by atoms with E-state index in [9.17, 15) is 9.59 Å². The van der Waals surface area contributed by atoms with E-state index in [4.69, 9.17) is 18.9 Å². The van der Waals surface area contributed by atoms with Crippen LogP contribution in [0.5, 0.6) is 11.5 Å². The van der Waals surface area contributed by atoms with Crippen molar-refractivity contribution >= 4 is 11.9 Å². The molecule has 0 N–H and O–H groups in total. The number of carbonyl (C=O) groups excluding carboxylic acids is 2. The zero-order chi connectivity index (χ0) is 14.8. The van der Waals surface area contributed by atoms with Crippen molar-refractivity contribution in [1.82, 2.24) is 4.90 Å². The van der Waals surface area contributed by atoms with Gasteiger partial charge >= 0.3 is 5.97 Å². The molecule has 1 aromatic carbocycles. The minimum atomic E-state index is -0.721. The van der Waals surface area contributed by atoms with Gasteiger partial charge in [0.2, 0.25) is 6.79 Å². The molecule has 1 unspecified atom stereocenters. The number of methoxy groups -OCH3 is 1. The smallest absolute Gasteiger partial charge is 0.331 e. The maximum absolute atomic E-state index is 12.6. The molecule has 0 aliphatic carbocycles. The molecule has 3 rings (SSSR count). The third-order valence-corrected chi connectivity index (χ3v) is 3.48. The normalized spacial score (nSPS) is 20.2. The highest BCUT2D eigenvalue weighted by atomic mass is 16.7. The number of nitrogens with zero attached hydrogens (tertiary/aromatic N) is 1. The highest BCUT2D eigenvalue weighted by molar-refractivity contribution is 5.97. The fourth-order valence-corrected chi connectivity index (χ4v) is 2.37. The van der Waals surface area contributed by atoms with Crippen LogP contribution >= 0.6 is 0 Å². The number of morpholine rings is 1. The van der Waals surface area contributed by atoms with Crippen molar-refractivity contribution in [2.75, 3.05) is 33.7 Å². The SMILES string of the molecule is COC(=O)C1COCCN1C(=O)c1ccc2c(c1)OCO2. The summed E-state index contributed by atoms with van der Waals surface area (Å²) in [6.45, 7) is 1.02. The molecule has 7 nitrogen and oxygen atoms in total. The summed E-state index contributed by atoms with van der Waals surface area (Å²) >= 11 is 0. The van der Waals surface area contributed by atoms with Crippen molar-refractivity contribution in [2.45, 2.75) is 6.04 Å². The Kier molecular flexibility index (Phi) is 3.66. The third-order valence-electron chi connectivity index (χ3n) is 3.48. The van der Waals surface area contributed by atoms with Crippen LogP contribution in [-0.2, 0) is 14.3 Å². The first-order valence-electron chi connectivity index (χ1n) is 6.57. The van der Waals surface area contributed by atoms with Gasteiger partial charge in [0.15, 0.2) is 17.5 Å². The first kappa shape index (κ1) is 13.7. The number of carbonyl (C=O) groups is 2. The van der Waals surface area contributed by atoms with E-state index < -0.39 is 12.0 Å². The van der Waals surface area contributed by atoms with Gasteiger partial charge in [-0.3, -0.25) is 4.79 Å². The maximum atomic E-state index is 12.6. The zero-order valence-corrected chi connectivity index (χ0v) is 11.5. The Morgan fingerprint density at radius 1 is 1.29 bits per heavy atom. The molecule has 1 aromatic rings. The summed E-state index contributed by atoms with van der Waals surface area (Å²) in [6.07, 6.45) is 0. The van der Waals surface area contributed by atoms with E-state index in [-0.39, 0.29) is 19.3 Å². The molecule has 21 heavy (non-hydrogen) atoms. The van der Waals surface area contributed by atoms with Crippen molar-refractivity contribution < 1.29 is 28.5 Å². The molecule has 0 radical (unpaired) electrons.